The molecule has 3 rings (SSSR count). The number of amides is 1. The quantitative estimate of drug-likeness (QED) is 0.573. The van der Waals surface area contributed by atoms with Crippen LogP contribution < -0.4 is 10.1 Å². The minimum absolute atomic E-state index is 0.0265. The van der Waals surface area contributed by atoms with Crippen LogP contribution in [-0.2, 0) is 11.2 Å². The van der Waals surface area contributed by atoms with E-state index in [1.165, 1.54) is 17.3 Å². The molecule has 5 nitrogen and oxygen atoms in total. The van der Waals surface area contributed by atoms with Gasteiger partial charge in [0, 0.05) is 12.1 Å². The number of imidazole rings is 1. The Bertz CT molecular complexity index is 895. The Morgan fingerprint density at radius 1 is 1.22 bits per heavy atom. The topological polar surface area (TPSA) is 67.0 Å². The normalized spacial score (nSPS) is 13.3. The number of rotatable bonds is 8. The lowest BCUT2D eigenvalue weighted by molar-refractivity contribution is -0.120. The van der Waals surface area contributed by atoms with Gasteiger partial charge >= 0.3 is 0 Å². The number of nitrogens with one attached hydrogen (secondary N) is 2. The Morgan fingerprint density at radius 3 is 2.74 bits per heavy atom. The number of H-pyrrole nitrogens is 1. The smallest absolute Gasteiger partial charge is 0.233 e. The molecule has 0 fully saturated rings. The first-order chi connectivity index (χ1) is 13.0. The van der Waals surface area contributed by atoms with Gasteiger partial charge in [0.05, 0.1) is 23.4 Å². The van der Waals surface area contributed by atoms with Gasteiger partial charge in [-0.2, -0.15) is 0 Å². The fourth-order valence-corrected chi connectivity index (χ4v) is 3.66. The highest BCUT2D eigenvalue weighted by atomic mass is 32.2. The van der Waals surface area contributed by atoms with Crippen LogP contribution in [0.4, 0.5) is 0 Å². The van der Waals surface area contributed by atoms with E-state index in [0.717, 1.165) is 34.8 Å². The fourth-order valence-electron chi connectivity index (χ4n) is 2.83. The summed E-state index contributed by atoms with van der Waals surface area (Å²) < 4.78 is 5.23. The van der Waals surface area contributed by atoms with Crippen LogP contribution in [0.25, 0.3) is 11.0 Å². The van der Waals surface area contributed by atoms with Crippen LogP contribution in [-0.4, -0.2) is 34.3 Å². The number of hydrogen-bond acceptors (Lipinski definition) is 4. The van der Waals surface area contributed by atoms with Crippen LogP contribution in [0.15, 0.2) is 53.7 Å². The van der Waals surface area contributed by atoms with Gasteiger partial charge in [-0.25, -0.2) is 4.98 Å². The summed E-state index contributed by atoms with van der Waals surface area (Å²) in [4.78, 5) is 20.3. The van der Waals surface area contributed by atoms with Gasteiger partial charge in [-0.15, -0.1) is 0 Å². The van der Waals surface area contributed by atoms with Crippen LogP contribution in [0, 0.1) is 0 Å². The van der Waals surface area contributed by atoms with Gasteiger partial charge in [-0.05, 0) is 44.4 Å². The molecule has 0 aliphatic heterocycles. The van der Waals surface area contributed by atoms with Crippen molar-refractivity contribution in [3.05, 3.63) is 54.1 Å². The molecule has 0 saturated carbocycles. The van der Waals surface area contributed by atoms with E-state index in [4.69, 9.17) is 4.74 Å². The average Bonchev–Trinajstić information content (AvgIpc) is 3.08. The zero-order valence-electron chi connectivity index (χ0n) is 15.9. The summed E-state index contributed by atoms with van der Waals surface area (Å²) >= 11 is 1.43. The number of hydrogen-bond donors (Lipinski definition) is 2. The first-order valence-corrected chi connectivity index (χ1v) is 9.98. The Balaban J connectivity index is 1.52. The molecular weight excluding hydrogens is 358 g/mol. The summed E-state index contributed by atoms with van der Waals surface area (Å²) in [5.74, 6) is 0.805. The number of aryl methyl sites for hydroxylation is 1. The molecule has 2 aromatic carbocycles. The molecule has 6 heteroatoms. The van der Waals surface area contributed by atoms with Gasteiger partial charge in [0.1, 0.15) is 5.75 Å². The largest absolute Gasteiger partial charge is 0.497 e. The molecule has 0 radical (unpaired) electrons. The van der Waals surface area contributed by atoms with Crippen molar-refractivity contribution in [2.45, 2.75) is 43.1 Å². The summed E-state index contributed by atoms with van der Waals surface area (Å²) in [5.41, 5.74) is 3.06. The molecule has 0 saturated heterocycles. The molecule has 1 amide bonds. The maximum atomic E-state index is 12.5. The van der Waals surface area contributed by atoms with Gasteiger partial charge in [-0.1, -0.05) is 42.1 Å². The van der Waals surface area contributed by atoms with Crippen LogP contribution in [0.2, 0.25) is 0 Å². The second kappa shape index (κ2) is 8.95. The molecular formula is C21H25N3O2S. The minimum Gasteiger partial charge on any atom is -0.497 e. The predicted molar refractivity (Wildman–Crippen MR) is 110 cm³/mol. The van der Waals surface area contributed by atoms with Crippen molar-refractivity contribution in [3.63, 3.8) is 0 Å². The molecule has 0 aliphatic rings. The van der Waals surface area contributed by atoms with E-state index in [-0.39, 0.29) is 17.2 Å². The molecule has 0 spiro atoms. The number of benzene rings is 2. The van der Waals surface area contributed by atoms with Gasteiger partial charge in [0.2, 0.25) is 5.91 Å². The van der Waals surface area contributed by atoms with Crippen molar-refractivity contribution >= 4 is 28.7 Å². The zero-order chi connectivity index (χ0) is 19.2. The number of nitrogens with zero attached hydrogens (tertiary/aromatic N) is 1. The van der Waals surface area contributed by atoms with Crippen molar-refractivity contribution < 1.29 is 9.53 Å². The summed E-state index contributed by atoms with van der Waals surface area (Å²) in [6, 6.07) is 16.1. The number of carbonyl (C=O) groups is 1. The molecule has 0 bridgehead atoms. The number of ether oxygens (including phenoxy) is 1. The summed E-state index contributed by atoms with van der Waals surface area (Å²) in [6.45, 7) is 3.95. The number of methoxy groups -OCH3 is 1. The van der Waals surface area contributed by atoms with Crippen molar-refractivity contribution in [2.24, 2.45) is 0 Å². The van der Waals surface area contributed by atoms with E-state index < -0.39 is 0 Å². The Morgan fingerprint density at radius 2 is 2.00 bits per heavy atom. The molecule has 2 atom stereocenters. The van der Waals surface area contributed by atoms with Crippen molar-refractivity contribution in [2.75, 3.05) is 7.11 Å². The van der Waals surface area contributed by atoms with Gasteiger partial charge in [-0.3, -0.25) is 4.79 Å². The molecule has 1 heterocycles. The van der Waals surface area contributed by atoms with Gasteiger partial charge in [0.25, 0.3) is 0 Å². The van der Waals surface area contributed by atoms with Crippen molar-refractivity contribution in [1.82, 2.24) is 15.3 Å². The van der Waals surface area contributed by atoms with Crippen LogP contribution >= 0.6 is 11.8 Å². The van der Waals surface area contributed by atoms with Gasteiger partial charge < -0.3 is 15.0 Å². The minimum atomic E-state index is -0.230. The molecule has 27 heavy (non-hydrogen) atoms. The predicted octanol–water partition coefficient (Wildman–Crippen LogP) is 4.19. The van der Waals surface area contributed by atoms with E-state index in [0.29, 0.717) is 0 Å². The second-order valence-corrected chi connectivity index (χ2v) is 7.95. The maximum absolute atomic E-state index is 12.5. The molecule has 0 unspecified atom stereocenters. The zero-order valence-corrected chi connectivity index (χ0v) is 16.7. The van der Waals surface area contributed by atoms with E-state index in [1.807, 2.05) is 50.2 Å². The van der Waals surface area contributed by atoms with Crippen LogP contribution in [0.5, 0.6) is 5.75 Å². The summed E-state index contributed by atoms with van der Waals surface area (Å²) in [5, 5.41) is 3.60. The number of aromatic amines is 1. The fraction of sp³-hybridized carbons (Fsp3) is 0.333. The lowest BCUT2D eigenvalue weighted by Gasteiger charge is -2.16. The third-order valence-corrected chi connectivity index (χ3v) is 5.41. The highest BCUT2D eigenvalue weighted by Gasteiger charge is 2.18. The SMILES string of the molecule is COc1ccc2nc(S[C@@H](C)C(=O)N[C@H](C)CCc3ccccc3)[nH]c2c1. The van der Waals surface area contributed by atoms with E-state index in [2.05, 4.69) is 27.4 Å². The molecule has 0 aliphatic carbocycles. The third-order valence-electron chi connectivity index (χ3n) is 4.42. The van der Waals surface area contributed by atoms with E-state index >= 15 is 0 Å². The lowest BCUT2D eigenvalue weighted by atomic mass is 10.1. The lowest BCUT2D eigenvalue weighted by Crippen LogP contribution is -2.37. The first-order valence-electron chi connectivity index (χ1n) is 9.10. The molecule has 2 N–H and O–H groups in total. The molecule has 1 aromatic heterocycles. The monoisotopic (exact) mass is 383 g/mol. The maximum Gasteiger partial charge on any atom is 0.233 e. The second-order valence-electron chi connectivity index (χ2n) is 6.62. The van der Waals surface area contributed by atoms with Gasteiger partial charge in [0.15, 0.2) is 5.16 Å². The Hall–Kier alpha value is -2.47. The van der Waals surface area contributed by atoms with Crippen molar-refractivity contribution in [1.29, 1.82) is 0 Å². The van der Waals surface area contributed by atoms with E-state index in [1.54, 1.807) is 7.11 Å². The standard InChI is InChI=1S/C21H25N3O2S/c1-14(9-10-16-7-5-4-6-8-16)22-20(25)15(2)27-21-23-18-12-11-17(26-3)13-19(18)24-21/h4-8,11-15H,9-10H2,1-3H3,(H,22,25)(H,23,24)/t14-,15+/m1/s1. The average molecular weight is 384 g/mol. The molecule has 142 valence electrons. The third kappa shape index (κ3) is 5.26. The van der Waals surface area contributed by atoms with Crippen LogP contribution in [0.3, 0.4) is 0 Å². The Labute approximate surface area is 163 Å². The first kappa shape index (κ1) is 19.3. The molecule has 3 aromatic rings. The highest BCUT2D eigenvalue weighted by molar-refractivity contribution is 8.00. The number of fused-ring (bicyclic) bond motifs is 1. The number of aromatic nitrogens is 2. The van der Waals surface area contributed by atoms with Crippen LogP contribution in [0.1, 0.15) is 25.8 Å². The van der Waals surface area contributed by atoms with Crippen molar-refractivity contribution in [3.8, 4) is 5.75 Å². The number of thioether (sulfide) groups is 1. The summed E-state index contributed by atoms with van der Waals surface area (Å²) in [7, 11) is 1.64. The highest BCUT2D eigenvalue weighted by Crippen LogP contribution is 2.25. The number of carbonyl (C=O) groups excluding carboxylic acids is 1. The van der Waals surface area contributed by atoms with E-state index in [9.17, 15) is 4.79 Å². The summed E-state index contributed by atoms with van der Waals surface area (Å²) in [6.07, 6.45) is 1.87. The Kier molecular flexibility index (Phi) is 6.40.